The first-order valence-electron chi connectivity index (χ1n) is 16.0. The van der Waals surface area contributed by atoms with Gasteiger partial charge in [0.05, 0.1) is 42.4 Å². The van der Waals surface area contributed by atoms with Crippen LogP contribution in [0.5, 0.6) is 5.75 Å². The van der Waals surface area contributed by atoms with Crippen LogP contribution in [0.1, 0.15) is 44.2 Å². The Morgan fingerprint density at radius 3 is 2.44 bits per heavy atom. The lowest BCUT2D eigenvalue weighted by molar-refractivity contribution is -0.275. The summed E-state index contributed by atoms with van der Waals surface area (Å²) in [6.45, 7) is 4.87. The molecule has 0 aliphatic heterocycles. The number of methoxy groups -OCH3 is 1. The van der Waals surface area contributed by atoms with E-state index in [4.69, 9.17) is 26.0 Å². The number of fused-ring (bicyclic) bond motifs is 1. The van der Waals surface area contributed by atoms with Crippen molar-refractivity contribution in [1.29, 1.82) is 10.8 Å². The lowest BCUT2D eigenvalue weighted by atomic mass is 10.0. The maximum absolute atomic E-state index is 15.5. The molecule has 0 saturated heterocycles. The zero-order valence-corrected chi connectivity index (χ0v) is 28.0. The number of H-pyrrole nitrogens is 1. The van der Waals surface area contributed by atoms with Crippen molar-refractivity contribution in [2.24, 2.45) is 5.73 Å². The van der Waals surface area contributed by atoms with Crippen molar-refractivity contribution in [2.45, 2.75) is 64.6 Å². The zero-order chi connectivity index (χ0) is 36.4. The number of nitrogens with two attached hydrogens (primary N) is 1. The number of ether oxygens (including phenoxy) is 3. The molecule has 0 bridgehead atoms. The predicted molar refractivity (Wildman–Crippen MR) is 183 cm³/mol. The van der Waals surface area contributed by atoms with Gasteiger partial charge in [-0.15, -0.1) is 13.2 Å². The van der Waals surface area contributed by atoms with Crippen LogP contribution in [-0.2, 0) is 22.5 Å². The van der Waals surface area contributed by atoms with Crippen molar-refractivity contribution in [3.63, 3.8) is 0 Å². The Balaban J connectivity index is 1.55. The molecule has 0 fully saturated rings. The lowest BCUT2D eigenvalue weighted by Crippen LogP contribution is -2.34. The molecule has 0 aliphatic carbocycles. The highest BCUT2D eigenvalue weighted by atomic mass is 19.4. The Hall–Kier alpha value is -4.80. The third kappa shape index (κ3) is 11.1. The molecular weight excluding hydrogens is 660 g/mol. The fourth-order valence-electron chi connectivity index (χ4n) is 5.28. The van der Waals surface area contributed by atoms with E-state index in [1.54, 1.807) is 38.1 Å². The summed E-state index contributed by atoms with van der Waals surface area (Å²) in [7, 11) is 1.52. The molecule has 0 amide bonds. The van der Waals surface area contributed by atoms with Crippen molar-refractivity contribution < 1.29 is 31.8 Å². The molecule has 4 aromatic rings. The molecule has 270 valence electrons. The summed E-state index contributed by atoms with van der Waals surface area (Å²) >= 11 is 0. The maximum atomic E-state index is 15.5. The molecular formula is C34H42F4N8O4. The first kappa shape index (κ1) is 38.0. The molecule has 16 heteroatoms. The number of nitrogens with one attached hydrogen (secondary N) is 5. The van der Waals surface area contributed by atoms with Crippen molar-refractivity contribution >= 4 is 22.7 Å². The van der Waals surface area contributed by atoms with Crippen molar-refractivity contribution in [3.8, 4) is 22.7 Å². The number of halogens is 4. The minimum absolute atomic E-state index is 0.118. The summed E-state index contributed by atoms with van der Waals surface area (Å²) in [5.41, 5.74) is 7.17. The molecule has 0 spiro atoms. The van der Waals surface area contributed by atoms with Gasteiger partial charge in [-0.25, -0.2) is 9.18 Å². The second-order valence-corrected chi connectivity index (χ2v) is 11.9. The van der Waals surface area contributed by atoms with Crippen LogP contribution < -0.4 is 26.8 Å². The fraction of sp³-hybridized carbons (Fsp3) is 0.412. The molecule has 2 aromatic carbocycles. The second-order valence-electron chi connectivity index (χ2n) is 11.9. The molecule has 0 radical (unpaired) electrons. The van der Waals surface area contributed by atoms with Gasteiger partial charge >= 0.3 is 12.1 Å². The fourth-order valence-corrected chi connectivity index (χ4v) is 5.28. The smallest absolute Gasteiger partial charge is 0.403 e. The van der Waals surface area contributed by atoms with Crippen LogP contribution in [0.2, 0.25) is 0 Å². The van der Waals surface area contributed by atoms with Crippen molar-refractivity contribution in [3.05, 3.63) is 76.1 Å². The number of alkyl halides is 3. The SMILES string of the molecule is COC[C@H](N)CCCc1cc(OC(F)(F)F)c(F)c(-c2cc3cn(-c4ccc(CO[C@H](CCNC(C)=N)CNC(C)=N)cc4)c(=O)nc3[nH]2)c1. The van der Waals surface area contributed by atoms with E-state index in [0.717, 1.165) is 11.6 Å². The van der Waals surface area contributed by atoms with Crippen LogP contribution in [0.15, 0.2) is 53.5 Å². The van der Waals surface area contributed by atoms with Gasteiger partial charge in [0.15, 0.2) is 11.6 Å². The number of rotatable bonds is 17. The quantitative estimate of drug-likeness (QED) is 0.0497. The Kier molecular flexibility index (Phi) is 13.1. The normalized spacial score (nSPS) is 12.9. The number of aryl methyl sites for hydroxylation is 1. The van der Waals surface area contributed by atoms with Gasteiger partial charge in [0.2, 0.25) is 0 Å². The molecule has 4 rings (SSSR count). The van der Waals surface area contributed by atoms with E-state index in [2.05, 4.69) is 25.3 Å². The van der Waals surface area contributed by atoms with E-state index in [9.17, 15) is 18.0 Å². The minimum Gasteiger partial charge on any atom is -0.403 e. The molecule has 0 saturated carbocycles. The van der Waals surface area contributed by atoms with E-state index in [1.165, 1.54) is 30.0 Å². The Bertz CT molecular complexity index is 1820. The molecule has 2 aromatic heterocycles. The van der Waals surface area contributed by atoms with E-state index in [1.807, 2.05) is 0 Å². The van der Waals surface area contributed by atoms with Gasteiger partial charge < -0.3 is 35.6 Å². The molecule has 0 aliphatic rings. The number of hydrogen-bond acceptors (Lipinski definition) is 8. The number of aromatic amines is 1. The molecule has 0 unspecified atom stereocenters. The molecule has 50 heavy (non-hydrogen) atoms. The Morgan fingerprint density at radius 2 is 1.78 bits per heavy atom. The van der Waals surface area contributed by atoms with Gasteiger partial charge in [0, 0.05) is 43.4 Å². The van der Waals surface area contributed by atoms with Gasteiger partial charge in [-0.05, 0) is 81.0 Å². The summed E-state index contributed by atoms with van der Waals surface area (Å²) in [4.78, 5) is 20.0. The first-order chi connectivity index (χ1) is 23.7. The van der Waals surface area contributed by atoms with E-state index in [-0.39, 0.29) is 35.7 Å². The van der Waals surface area contributed by atoms with E-state index in [0.29, 0.717) is 73.7 Å². The van der Waals surface area contributed by atoms with E-state index >= 15 is 4.39 Å². The lowest BCUT2D eigenvalue weighted by Gasteiger charge is -2.19. The second kappa shape index (κ2) is 17.2. The molecule has 12 nitrogen and oxygen atoms in total. The Morgan fingerprint density at radius 1 is 1.06 bits per heavy atom. The largest absolute Gasteiger partial charge is 0.573 e. The Labute approximate surface area is 286 Å². The predicted octanol–water partition coefficient (Wildman–Crippen LogP) is 5.16. The average molecular weight is 703 g/mol. The number of benzene rings is 2. The third-order valence-corrected chi connectivity index (χ3v) is 7.70. The zero-order valence-electron chi connectivity index (χ0n) is 28.0. The van der Waals surface area contributed by atoms with Crippen LogP contribution >= 0.6 is 0 Å². The van der Waals surface area contributed by atoms with Gasteiger partial charge in [-0.1, -0.05) is 12.1 Å². The number of amidine groups is 2. The molecule has 7 N–H and O–H groups in total. The van der Waals surface area contributed by atoms with Gasteiger partial charge in [-0.3, -0.25) is 15.4 Å². The standard InChI is InChI=1S/C34H42F4N8O4/c1-20(39)42-12-11-27(16-43-21(2)40)49-18-22-7-9-26(10-8-22)46-17-24-15-29(44-32(24)45-33(46)47)28-13-23(5-4-6-25(41)19-48-3)14-30(31(28)35)50-34(36,37)38/h7-10,13-15,17,25,27H,4-6,11-12,16,18-19,41H2,1-3H3,(H2,39,42)(H2,40,43)(H,44,45,47)/t25-,27-/m1/s1. The number of hydrogen-bond donors (Lipinski definition) is 6. The summed E-state index contributed by atoms with van der Waals surface area (Å²) in [6, 6.07) is 10.8. The van der Waals surface area contributed by atoms with E-state index < -0.39 is 23.6 Å². The minimum atomic E-state index is -5.11. The summed E-state index contributed by atoms with van der Waals surface area (Å²) in [6.07, 6.45) is -1.83. The third-order valence-electron chi connectivity index (χ3n) is 7.70. The van der Waals surface area contributed by atoms with Gasteiger partial charge in [0.25, 0.3) is 0 Å². The topological polar surface area (TPSA) is 176 Å². The number of nitrogens with zero attached hydrogens (tertiary/aromatic N) is 2. The number of aromatic nitrogens is 3. The maximum Gasteiger partial charge on any atom is 0.573 e. The van der Waals surface area contributed by atoms with Crippen molar-refractivity contribution in [2.75, 3.05) is 26.8 Å². The van der Waals surface area contributed by atoms with Crippen LogP contribution in [0.3, 0.4) is 0 Å². The highest BCUT2D eigenvalue weighted by molar-refractivity contribution is 5.83. The monoisotopic (exact) mass is 702 g/mol. The van der Waals surface area contributed by atoms with Crippen molar-refractivity contribution in [1.82, 2.24) is 25.2 Å². The van der Waals surface area contributed by atoms with Gasteiger partial charge in [0.1, 0.15) is 5.65 Å². The van der Waals surface area contributed by atoms with Crippen LogP contribution in [-0.4, -0.2) is 71.5 Å². The first-order valence-corrected chi connectivity index (χ1v) is 16.0. The van der Waals surface area contributed by atoms with Crippen LogP contribution in [0, 0.1) is 16.6 Å². The molecule has 2 heterocycles. The summed E-state index contributed by atoms with van der Waals surface area (Å²) in [5, 5.41) is 21.5. The highest BCUT2D eigenvalue weighted by Gasteiger charge is 2.33. The van der Waals surface area contributed by atoms with Crippen LogP contribution in [0.4, 0.5) is 17.6 Å². The average Bonchev–Trinajstić information content (AvgIpc) is 3.45. The summed E-state index contributed by atoms with van der Waals surface area (Å²) < 4.78 is 71.4. The van der Waals surface area contributed by atoms with Gasteiger partial charge in [-0.2, -0.15) is 4.98 Å². The summed E-state index contributed by atoms with van der Waals surface area (Å²) in [5.74, 6) is -1.51. The highest BCUT2D eigenvalue weighted by Crippen LogP contribution is 2.35. The van der Waals surface area contributed by atoms with Crippen LogP contribution in [0.25, 0.3) is 28.0 Å². The molecule has 2 atom stereocenters.